The van der Waals surface area contributed by atoms with Crippen LogP contribution in [-0.2, 0) is 10.1 Å². The molecule has 0 aliphatic carbocycles. The number of nitriles is 1. The second-order valence-electron chi connectivity index (χ2n) is 0.566. The summed E-state index contributed by atoms with van der Waals surface area (Å²) in [5, 5.41) is 7.95. The van der Waals surface area contributed by atoms with Crippen molar-refractivity contribution in [3.8, 4) is 5.40 Å². The van der Waals surface area contributed by atoms with E-state index in [1.54, 1.807) is 0 Å². The van der Waals surface area contributed by atoms with Crippen molar-refractivity contribution >= 4 is 10.1 Å². The number of hydrogen-bond acceptors (Lipinski definition) is 3. The van der Waals surface area contributed by atoms with Crippen LogP contribution in [0.15, 0.2) is 0 Å². The second kappa shape index (κ2) is 3.97. The molecule has 0 rings (SSSR count). The van der Waals surface area contributed by atoms with Crippen LogP contribution in [-0.4, -0.2) is 13.0 Å². The van der Waals surface area contributed by atoms with Gasteiger partial charge in [-0.3, -0.25) is 4.55 Å². The van der Waals surface area contributed by atoms with Crippen LogP contribution in [0.1, 0.15) is 0 Å². The summed E-state index contributed by atoms with van der Waals surface area (Å²) in [6, 6.07) is 0. The fraction of sp³-hybridized carbons (Fsp3) is 0. The monoisotopic (exact) mass is 146 g/mol. The van der Waals surface area contributed by atoms with Gasteiger partial charge < -0.3 is 0 Å². The molecule has 0 heterocycles. The van der Waals surface area contributed by atoms with Gasteiger partial charge in [0.05, 0.1) is 0 Å². The second-order valence-corrected chi connectivity index (χ2v) is 1.70. The molecular weight excluding hydrogens is 145 g/mol. The van der Waals surface area contributed by atoms with E-state index in [0.717, 1.165) is 0 Å². The standard InChI is InChI=1S/CHNO3S.K/c2-1-6(3,4)5;/h(H,3,4,5);/q;+1. The van der Waals surface area contributed by atoms with Gasteiger partial charge in [-0.05, 0) is 0 Å². The van der Waals surface area contributed by atoms with Crippen molar-refractivity contribution in [3.05, 3.63) is 0 Å². The number of thiocyanates is 1. The van der Waals surface area contributed by atoms with E-state index >= 15 is 0 Å². The van der Waals surface area contributed by atoms with Crippen LogP contribution in [0.25, 0.3) is 0 Å². The van der Waals surface area contributed by atoms with Crippen molar-refractivity contribution in [3.63, 3.8) is 0 Å². The van der Waals surface area contributed by atoms with E-state index in [1.807, 2.05) is 0 Å². The van der Waals surface area contributed by atoms with Gasteiger partial charge in [-0.25, -0.2) is 0 Å². The Morgan fingerprint density at radius 3 is 1.71 bits per heavy atom. The molecule has 0 bridgehead atoms. The Balaban J connectivity index is 0. The summed E-state index contributed by atoms with van der Waals surface area (Å²) in [6.07, 6.45) is 0. The van der Waals surface area contributed by atoms with Gasteiger partial charge in [0.25, 0.3) is 0 Å². The molecule has 34 valence electrons. The van der Waals surface area contributed by atoms with E-state index in [4.69, 9.17) is 9.81 Å². The quantitative estimate of drug-likeness (QED) is 0.165. The first-order chi connectivity index (χ1) is 2.56. The molecule has 0 aromatic heterocycles. The average molecular weight is 146 g/mol. The minimum absolute atomic E-state index is 0. The Labute approximate surface area is 83.7 Å². The maximum atomic E-state index is 9.19. The molecule has 0 radical (unpaired) electrons. The number of rotatable bonds is 0. The molecule has 0 aromatic rings. The van der Waals surface area contributed by atoms with Crippen LogP contribution in [0.4, 0.5) is 0 Å². The van der Waals surface area contributed by atoms with Gasteiger partial charge in [0.2, 0.25) is 5.40 Å². The SMILES string of the molecule is N#CS(=O)(=O)O.[K+]. The van der Waals surface area contributed by atoms with Gasteiger partial charge in [-0.2, -0.15) is 13.7 Å². The van der Waals surface area contributed by atoms with Crippen LogP contribution in [0.3, 0.4) is 0 Å². The van der Waals surface area contributed by atoms with Crippen molar-refractivity contribution in [1.82, 2.24) is 0 Å². The summed E-state index contributed by atoms with van der Waals surface area (Å²) in [6.45, 7) is 0. The van der Waals surface area contributed by atoms with Gasteiger partial charge in [0.15, 0.2) is 0 Å². The molecule has 0 unspecified atom stereocenters. The van der Waals surface area contributed by atoms with Gasteiger partial charge >= 0.3 is 61.5 Å². The molecule has 0 saturated carbocycles. The molecule has 0 fully saturated rings. The summed E-state index contributed by atoms with van der Waals surface area (Å²) in [5.41, 5.74) is 0. The van der Waals surface area contributed by atoms with Crippen molar-refractivity contribution in [2.75, 3.05) is 0 Å². The van der Waals surface area contributed by atoms with Crippen LogP contribution in [0.5, 0.6) is 0 Å². The normalized spacial score (nSPS) is 8.57. The Morgan fingerprint density at radius 2 is 1.71 bits per heavy atom. The fourth-order valence-corrected chi connectivity index (χ4v) is 0. The summed E-state index contributed by atoms with van der Waals surface area (Å²) in [7, 11) is -4.36. The third-order valence-corrected chi connectivity index (χ3v) is 0.346. The minimum Gasteiger partial charge on any atom is -0.274 e. The molecule has 7 heavy (non-hydrogen) atoms. The minimum atomic E-state index is -4.36. The smallest absolute Gasteiger partial charge is 0.274 e. The molecule has 1 N–H and O–H groups in total. The first kappa shape index (κ1) is 10.9. The molecule has 0 amide bonds. The van der Waals surface area contributed by atoms with E-state index in [2.05, 4.69) is 0 Å². The third kappa shape index (κ3) is 11.0. The molecule has 0 spiro atoms. The van der Waals surface area contributed by atoms with Gasteiger partial charge in [-0.15, -0.1) is 0 Å². The Hall–Kier alpha value is 1.04. The first-order valence-corrected chi connectivity index (χ1v) is 2.38. The maximum Gasteiger partial charge on any atom is 1.00 e. The molecule has 0 aromatic carbocycles. The number of hydrogen-bond donors (Lipinski definition) is 1. The summed E-state index contributed by atoms with van der Waals surface area (Å²) in [4.78, 5) is 0. The Morgan fingerprint density at radius 1 is 1.57 bits per heavy atom. The fourth-order valence-electron chi connectivity index (χ4n) is 0. The van der Waals surface area contributed by atoms with Gasteiger partial charge in [-0.1, -0.05) is 0 Å². The molecule has 0 aliphatic rings. The van der Waals surface area contributed by atoms with E-state index < -0.39 is 10.1 Å². The summed E-state index contributed by atoms with van der Waals surface area (Å²) in [5.74, 6) is 0. The van der Waals surface area contributed by atoms with Crippen LogP contribution < -0.4 is 51.4 Å². The molecule has 0 atom stereocenters. The van der Waals surface area contributed by atoms with Crippen molar-refractivity contribution < 1.29 is 64.4 Å². The van der Waals surface area contributed by atoms with E-state index in [-0.39, 0.29) is 51.4 Å². The topological polar surface area (TPSA) is 78.2 Å². The predicted octanol–water partition coefficient (Wildman–Crippen LogP) is -3.64. The van der Waals surface area contributed by atoms with Crippen LogP contribution in [0, 0.1) is 10.7 Å². The van der Waals surface area contributed by atoms with E-state index in [1.165, 1.54) is 0 Å². The van der Waals surface area contributed by atoms with Crippen molar-refractivity contribution in [1.29, 1.82) is 5.26 Å². The molecule has 4 nitrogen and oxygen atoms in total. The Kier molecular flexibility index (Phi) is 6.19. The van der Waals surface area contributed by atoms with Crippen molar-refractivity contribution in [2.45, 2.75) is 0 Å². The van der Waals surface area contributed by atoms with Crippen molar-refractivity contribution in [2.24, 2.45) is 0 Å². The molecular formula is CHKNO3S+. The summed E-state index contributed by atoms with van der Waals surface area (Å²) >= 11 is 0. The average Bonchev–Trinajstić information content (AvgIpc) is 1.35. The zero-order valence-corrected chi connectivity index (χ0v) is 7.56. The first-order valence-electron chi connectivity index (χ1n) is 0.944. The van der Waals surface area contributed by atoms with Gasteiger partial charge in [0.1, 0.15) is 0 Å². The third-order valence-electron chi connectivity index (χ3n) is 0.115. The van der Waals surface area contributed by atoms with E-state index in [0.29, 0.717) is 5.40 Å². The largest absolute Gasteiger partial charge is 1.00 e. The van der Waals surface area contributed by atoms with Crippen LogP contribution in [0.2, 0.25) is 0 Å². The van der Waals surface area contributed by atoms with Crippen LogP contribution >= 0.6 is 0 Å². The molecule has 6 heteroatoms. The van der Waals surface area contributed by atoms with E-state index in [9.17, 15) is 8.42 Å². The Bertz CT molecular complexity index is 164. The number of nitrogens with zero attached hydrogens (tertiary/aromatic N) is 1. The maximum absolute atomic E-state index is 9.19. The van der Waals surface area contributed by atoms with Gasteiger partial charge in [0, 0.05) is 0 Å². The molecule has 0 aliphatic heterocycles. The summed E-state index contributed by atoms with van der Waals surface area (Å²) < 4.78 is 25.8. The predicted molar refractivity (Wildman–Crippen MR) is 17.2 cm³/mol. The molecule has 0 saturated heterocycles. The zero-order chi connectivity index (χ0) is 5.21. The zero-order valence-electron chi connectivity index (χ0n) is 3.62.